The average molecular weight is 240 g/mol. The Balaban J connectivity index is 1.86. The van der Waals surface area contributed by atoms with Crippen molar-refractivity contribution in [1.82, 2.24) is 4.90 Å². The third-order valence-corrected chi connectivity index (χ3v) is 4.32. The van der Waals surface area contributed by atoms with Gasteiger partial charge in [0.25, 0.3) is 0 Å². The van der Waals surface area contributed by atoms with Crippen LogP contribution in [0.25, 0.3) is 0 Å². The third kappa shape index (κ3) is 2.80. The smallest absolute Gasteiger partial charge is 0.223 e. The van der Waals surface area contributed by atoms with Crippen molar-refractivity contribution in [2.75, 3.05) is 26.2 Å². The van der Waals surface area contributed by atoms with Gasteiger partial charge in [-0.3, -0.25) is 4.79 Å². The summed E-state index contributed by atoms with van der Waals surface area (Å²) in [5.74, 6) is 0.275. The molecule has 1 aliphatic carbocycles. The molecule has 1 atom stereocenters. The van der Waals surface area contributed by atoms with Crippen LogP contribution in [0.15, 0.2) is 0 Å². The number of amides is 1. The van der Waals surface area contributed by atoms with Gasteiger partial charge in [-0.25, -0.2) is 0 Å². The Morgan fingerprint density at radius 2 is 2.29 bits per heavy atom. The Hall–Kier alpha value is -0.610. The standard InChI is InChI=1S/C13H24N2O2/c1-2-11-9-15(6-7-17-11)12(16)8-13(10-14)4-3-5-13/h11H,2-10,14H2,1H3. The van der Waals surface area contributed by atoms with E-state index in [0.717, 1.165) is 32.4 Å². The van der Waals surface area contributed by atoms with Crippen molar-refractivity contribution in [1.29, 1.82) is 0 Å². The molecular formula is C13H24N2O2. The maximum absolute atomic E-state index is 12.2. The lowest BCUT2D eigenvalue weighted by Gasteiger charge is -2.42. The Bertz CT molecular complexity index is 271. The zero-order chi connectivity index (χ0) is 12.3. The molecule has 0 bridgehead atoms. The SMILES string of the molecule is CCC1CN(C(=O)CC2(CN)CCC2)CCO1. The number of morpholine rings is 1. The topological polar surface area (TPSA) is 55.6 Å². The second-order valence-electron chi connectivity index (χ2n) is 5.48. The first kappa shape index (κ1) is 12.8. The van der Waals surface area contributed by atoms with Gasteiger partial charge in [-0.15, -0.1) is 0 Å². The summed E-state index contributed by atoms with van der Waals surface area (Å²) in [5, 5.41) is 0. The summed E-state index contributed by atoms with van der Waals surface area (Å²) in [6.07, 6.45) is 5.31. The van der Waals surface area contributed by atoms with Crippen molar-refractivity contribution in [3.05, 3.63) is 0 Å². The third-order valence-electron chi connectivity index (χ3n) is 4.32. The molecule has 0 aromatic rings. The van der Waals surface area contributed by atoms with Crippen molar-refractivity contribution in [3.8, 4) is 0 Å². The van der Waals surface area contributed by atoms with Crippen LogP contribution in [-0.4, -0.2) is 43.2 Å². The molecule has 2 rings (SSSR count). The van der Waals surface area contributed by atoms with Crippen molar-refractivity contribution in [2.45, 2.75) is 45.1 Å². The number of nitrogens with two attached hydrogens (primary N) is 1. The van der Waals surface area contributed by atoms with E-state index < -0.39 is 0 Å². The largest absolute Gasteiger partial charge is 0.375 e. The minimum atomic E-state index is 0.122. The highest BCUT2D eigenvalue weighted by Crippen LogP contribution is 2.43. The molecule has 0 radical (unpaired) electrons. The summed E-state index contributed by atoms with van der Waals surface area (Å²) < 4.78 is 5.59. The molecule has 2 aliphatic rings. The summed E-state index contributed by atoms with van der Waals surface area (Å²) in [7, 11) is 0. The van der Waals surface area contributed by atoms with Gasteiger partial charge in [-0.2, -0.15) is 0 Å². The van der Waals surface area contributed by atoms with E-state index in [0.29, 0.717) is 19.6 Å². The highest BCUT2D eigenvalue weighted by atomic mass is 16.5. The van der Waals surface area contributed by atoms with E-state index in [1.165, 1.54) is 6.42 Å². The molecular weight excluding hydrogens is 216 g/mol. The van der Waals surface area contributed by atoms with Crippen LogP contribution in [0.4, 0.5) is 0 Å². The minimum absolute atomic E-state index is 0.122. The summed E-state index contributed by atoms with van der Waals surface area (Å²) >= 11 is 0. The van der Waals surface area contributed by atoms with Gasteiger partial charge in [-0.1, -0.05) is 13.3 Å². The molecule has 1 heterocycles. The van der Waals surface area contributed by atoms with Gasteiger partial charge in [0, 0.05) is 19.5 Å². The lowest BCUT2D eigenvalue weighted by atomic mass is 9.66. The Morgan fingerprint density at radius 3 is 2.82 bits per heavy atom. The summed E-state index contributed by atoms with van der Waals surface area (Å²) in [6.45, 7) is 4.94. The van der Waals surface area contributed by atoms with Crippen molar-refractivity contribution in [3.63, 3.8) is 0 Å². The molecule has 2 N–H and O–H groups in total. The quantitative estimate of drug-likeness (QED) is 0.802. The van der Waals surface area contributed by atoms with Crippen LogP contribution in [0.2, 0.25) is 0 Å². The fraction of sp³-hybridized carbons (Fsp3) is 0.923. The average Bonchev–Trinajstić information content (AvgIpc) is 2.33. The van der Waals surface area contributed by atoms with Gasteiger partial charge in [-0.05, 0) is 31.2 Å². The van der Waals surface area contributed by atoms with Crippen LogP contribution in [0.1, 0.15) is 39.0 Å². The molecule has 2 fully saturated rings. The second kappa shape index (κ2) is 5.36. The van der Waals surface area contributed by atoms with Crippen LogP contribution in [0, 0.1) is 5.41 Å². The van der Waals surface area contributed by atoms with E-state index in [4.69, 9.17) is 10.5 Å². The number of hydrogen-bond acceptors (Lipinski definition) is 3. The van der Waals surface area contributed by atoms with E-state index in [-0.39, 0.29) is 17.4 Å². The molecule has 1 saturated carbocycles. The van der Waals surface area contributed by atoms with E-state index in [2.05, 4.69) is 6.92 Å². The maximum atomic E-state index is 12.2. The number of rotatable bonds is 4. The molecule has 1 saturated heterocycles. The van der Waals surface area contributed by atoms with Crippen molar-refractivity contribution in [2.24, 2.45) is 11.1 Å². The maximum Gasteiger partial charge on any atom is 0.223 e. The van der Waals surface area contributed by atoms with Gasteiger partial charge in [0.1, 0.15) is 0 Å². The van der Waals surface area contributed by atoms with Gasteiger partial charge in [0.15, 0.2) is 0 Å². The number of ether oxygens (including phenoxy) is 1. The summed E-state index contributed by atoms with van der Waals surface area (Å²) in [6, 6.07) is 0. The Morgan fingerprint density at radius 1 is 1.53 bits per heavy atom. The molecule has 4 nitrogen and oxygen atoms in total. The molecule has 0 spiro atoms. The van der Waals surface area contributed by atoms with Gasteiger partial charge < -0.3 is 15.4 Å². The van der Waals surface area contributed by atoms with Gasteiger partial charge in [0.2, 0.25) is 5.91 Å². The minimum Gasteiger partial charge on any atom is -0.375 e. The van der Waals surface area contributed by atoms with Crippen LogP contribution >= 0.6 is 0 Å². The molecule has 1 unspecified atom stereocenters. The fourth-order valence-electron chi connectivity index (χ4n) is 2.76. The van der Waals surface area contributed by atoms with Crippen LogP contribution in [0.5, 0.6) is 0 Å². The Kier molecular flexibility index (Phi) is 4.05. The van der Waals surface area contributed by atoms with Crippen LogP contribution in [-0.2, 0) is 9.53 Å². The molecule has 0 aromatic carbocycles. The summed E-state index contributed by atoms with van der Waals surface area (Å²) in [4.78, 5) is 14.2. The highest BCUT2D eigenvalue weighted by molar-refractivity contribution is 5.77. The molecule has 17 heavy (non-hydrogen) atoms. The van der Waals surface area contributed by atoms with E-state index in [9.17, 15) is 4.79 Å². The van der Waals surface area contributed by atoms with Gasteiger partial charge in [0.05, 0.1) is 12.7 Å². The van der Waals surface area contributed by atoms with Crippen LogP contribution < -0.4 is 5.73 Å². The fourth-order valence-corrected chi connectivity index (χ4v) is 2.76. The molecule has 4 heteroatoms. The molecule has 0 aromatic heterocycles. The van der Waals surface area contributed by atoms with Crippen LogP contribution in [0.3, 0.4) is 0 Å². The predicted octanol–water partition coefficient (Wildman–Crippen LogP) is 1.14. The zero-order valence-corrected chi connectivity index (χ0v) is 10.8. The highest BCUT2D eigenvalue weighted by Gasteiger charge is 2.39. The number of carbonyl (C=O) groups excluding carboxylic acids is 1. The predicted molar refractivity (Wildman–Crippen MR) is 66.6 cm³/mol. The van der Waals surface area contributed by atoms with E-state index in [1.54, 1.807) is 0 Å². The first-order chi connectivity index (χ1) is 8.19. The number of hydrogen-bond donors (Lipinski definition) is 1. The van der Waals surface area contributed by atoms with Gasteiger partial charge >= 0.3 is 0 Å². The lowest BCUT2D eigenvalue weighted by Crippen LogP contribution is -2.49. The number of carbonyl (C=O) groups is 1. The normalized spacial score (nSPS) is 27.6. The molecule has 1 amide bonds. The molecule has 98 valence electrons. The van der Waals surface area contributed by atoms with E-state index >= 15 is 0 Å². The lowest BCUT2D eigenvalue weighted by molar-refractivity contribution is -0.142. The monoisotopic (exact) mass is 240 g/mol. The first-order valence-corrected chi connectivity index (χ1v) is 6.78. The number of nitrogens with zero attached hydrogens (tertiary/aromatic N) is 1. The second-order valence-corrected chi connectivity index (χ2v) is 5.48. The zero-order valence-electron chi connectivity index (χ0n) is 10.8. The first-order valence-electron chi connectivity index (χ1n) is 6.78. The Labute approximate surface area is 103 Å². The van der Waals surface area contributed by atoms with E-state index in [1.807, 2.05) is 4.90 Å². The van der Waals surface area contributed by atoms with Crippen molar-refractivity contribution >= 4 is 5.91 Å². The molecule has 1 aliphatic heterocycles. The summed E-state index contributed by atoms with van der Waals surface area (Å²) in [5.41, 5.74) is 5.93. The van der Waals surface area contributed by atoms with Crippen molar-refractivity contribution < 1.29 is 9.53 Å².